The van der Waals surface area contributed by atoms with E-state index in [0.29, 0.717) is 5.91 Å². The second-order valence-electron chi connectivity index (χ2n) is 9.26. The van der Waals surface area contributed by atoms with Crippen molar-refractivity contribution >= 4 is 11.9 Å². The first kappa shape index (κ1) is 23.1. The van der Waals surface area contributed by atoms with Crippen molar-refractivity contribution in [2.45, 2.75) is 45.7 Å². The molecule has 7 nitrogen and oxygen atoms in total. The standard InChI is InChI=1S/C25H40N6O/c1-3-26-25(27-11-15-28-14-10-22-8-4-5-9-23(22)20-28)31-18-16-29(17-19-31)21(2)24(32)30-12-6-7-13-30/h4-5,8-9,21H,3,6-7,10-20H2,1-2H3,(H,26,27). The number of guanidine groups is 1. The van der Waals surface area contributed by atoms with Gasteiger partial charge in [-0.2, -0.15) is 0 Å². The Bertz CT molecular complexity index is 782. The molecule has 1 unspecified atom stereocenters. The van der Waals surface area contributed by atoms with Gasteiger partial charge in [0.25, 0.3) is 0 Å². The van der Waals surface area contributed by atoms with Crippen LogP contribution in [0.3, 0.4) is 0 Å². The molecule has 3 aliphatic heterocycles. The maximum atomic E-state index is 12.8. The molecular weight excluding hydrogens is 400 g/mol. The van der Waals surface area contributed by atoms with Gasteiger partial charge in [0.15, 0.2) is 5.96 Å². The summed E-state index contributed by atoms with van der Waals surface area (Å²) in [5.41, 5.74) is 2.96. The third-order valence-corrected chi connectivity index (χ3v) is 7.16. The molecule has 0 spiro atoms. The zero-order valence-electron chi connectivity index (χ0n) is 19.9. The van der Waals surface area contributed by atoms with Gasteiger partial charge in [-0.25, -0.2) is 0 Å². The fourth-order valence-corrected chi connectivity index (χ4v) is 5.15. The van der Waals surface area contributed by atoms with E-state index in [1.54, 1.807) is 0 Å². The lowest BCUT2D eigenvalue weighted by Gasteiger charge is -2.39. The molecular formula is C25H40N6O. The predicted molar refractivity (Wildman–Crippen MR) is 130 cm³/mol. The SMILES string of the molecule is CCNC(=NCCN1CCc2ccccc2C1)N1CCN(C(C)C(=O)N2CCCC2)CC1. The molecule has 0 aromatic heterocycles. The van der Waals surface area contributed by atoms with Gasteiger partial charge in [0.05, 0.1) is 12.6 Å². The topological polar surface area (TPSA) is 54.4 Å². The fourth-order valence-electron chi connectivity index (χ4n) is 5.15. The molecule has 3 heterocycles. The van der Waals surface area contributed by atoms with E-state index in [9.17, 15) is 4.79 Å². The molecule has 1 aromatic rings. The first-order chi connectivity index (χ1) is 15.7. The molecule has 1 amide bonds. The van der Waals surface area contributed by atoms with E-state index in [2.05, 4.69) is 58.1 Å². The summed E-state index contributed by atoms with van der Waals surface area (Å²) in [6, 6.07) is 8.78. The summed E-state index contributed by atoms with van der Waals surface area (Å²) >= 11 is 0. The second kappa shape index (κ2) is 11.1. The molecule has 1 aromatic carbocycles. The Kier molecular flexibility index (Phi) is 8.03. The van der Waals surface area contributed by atoms with Crippen LogP contribution in [0.2, 0.25) is 0 Å². The highest BCUT2D eigenvalue weighted by atomic mass is 16.2. The van der Waals surface area contributed by atoms with Crippen molar-refractivity contribution in [1.29, 1.82) is 0 Å². The Morgan fingerprint density at radius 1 is 1.00 bits per heavy atom. The van der Waals surface area contributed by atoms with E-state index in [4.69, 9.17) is 4.99 Å². The summed E-state index contributed by atoms with van der Waals surface area (Å²) in [6.07, 6.45) is 3.44. The summed E-state index contributed by atoms with van der Waals surface area (Å²) in [4.78, 5) is 27.0. The quantitative estimate of drug-likeness (QED) is 0.538. The van der Waals surface area contributed by atoms with Crippen LogP contribution in [0.15, 0.2) is 29.3 Å². The molecule has 7 heteroatoms. The number of likely N-dealkylation sites (tertiary alicyclic amines) is 1. The highest BCUT2D eigenvalue weighted by molar-refractivity contribution is 5.82. The van der Waals surface area contributed by atoms with Crippen molar-refractivity contribution in [2.24, 2.45) is 4.99 Å². The average Bonchev–Trinajstić information content (AvgIpc) is 3.38. The number of piperazine rings is 1. The lowest BCUT2D eigenvalue weighted by Crippen LogP contribution is -2.57. The highest BCUT2D eigenvalue weighted by Gasteiger charge is 2.30. The summed E-state index contributed by atoms with van der Waals surface area (Å²) < 4.78 is 0. The summed E-state index contributed by atoms with van der Waals surface area (Å²) in [6.45, 7) is 14.6. The minimum atomic E-state index is -0.0169. The molecule has 0 radical (unpaired) electrons. The molecule has 32 heavy (non-hydrogen) atoms. The average molecular weight is 441 g/mol. The Labute approximate surface area is 193 Å². The molecule has 0 saturated carbocycles. The number of nitrogens with zero attached hydrogens (tertiary/aromatic N) is 5. The van der Waals surface area contributed by atoms with Gasteiger partial charge in [0.2, 0.25) is 5.91 Å². The lowest BCUT2D eigenvalue weighted by molar-refractivity contribution is -0.135. The van der Waals surface area contributed by atoms with Gasteiger partial charge in [-0.05, 0) is 44.2 Å². The van der Waals surface area contributed by atoms with Gasteiger partial charge >= 0.3 is 0 Å². The highest BCUT2D eigenvalue weighted by Crippen LogP contribution is 2.18. The third-order valence-electron chi connectivity index (χ3n) is 7.16. The molecule has 0 aliphatic carbocycles. The molecule has 2 fully saturated rings. The van der Waals surface area contributed by atoms with Crippen molar-refractivity contribution in [3.8, 4) is 0 Å². The molecule has 3 aliphatic rings. The van der Waals surface area contributed by atoms with Gasteiger partial charge in [0, 0.05) is 65.4 Å². The maximum absolute atomic E-state index is 12.8. The Balaban J connectivity index is 1.26. The predicted octanol–water partition coefficient (Wildman–Crippen LogP) is 1.64. The normalized spacial score (nSPS) is 21.5. The molecule has 1 N–H and O–H groups in total. The maximum Gasteiger partial charge on any atom is 0.239 e. The molecule has 176 valence electrons. The van der Waals surface area contributed by atoms with Gasteiger partial charge in [0.1, 0.15) is 0 Å². The molecule has 4 rings (SSSR count). The summed E-state index contributed by atoms with van der Waals surface area (Å²) in [7, 11) is 0. The monoisotopic (exact) mass is 440 g/mol. The van der Waals surface area contributed by atoms with Gasteiger partial charge in [-0.15, -0.1) is 0 Å². The zero-order valence-corrected chi connectivity index (χ0v) is 19.9. The van der Waals surface area contributed by atoms with Crippen molar-refractivity contribution in [2.75, 3.05) is 65.4 Å². The fraction of sp³-hybridized carbons (Fsp3) is 0.680. The Hall–Kier alpha value is -2.12. The molecule has 2 saturated heterocycles. The lowest BCUT2D eigenvalue weighted by atomic mass is 10.00. The van der Waals surface area contributed by atoms with Crippen molar-refractivity contribution in [1.82, 2.24) is 24.9 Å². The molecule has 1 atom stereocenters. The van der Waals surface area contributed by atoms with Crippen molar-refractivity contribution in [3.63, 3.8) is 0 Å². The van der Waals surface area contributed by atoms with Crippen LogP contribution in [0.1, 0.15) is 37.8 Å². The zero-order chi connectivity index (χ0) is 22.3. The Morgan fingerprint density at radius 2 is 1.72 bits per heavy atom. The molecule has 0 bridgehead atoms. The Morgan fingerprint density at radius 3 is 2.44 bits per heavy atom. The van der Waals surface area contributed by atoms with Crippen LogP contribution in [0.25, 0.3) is 0 Å². The van der Waals surface area contributed by atoms with E-state index in [1.807, 2.05) is 4.90 Å². The van der Waals surface area contributed by atoms with Crippen LogP contribution in [0.4, 0.5) is 0 Å². The number of aliphatic imine (C=N–C) groups is 1. The number of amides is 1. The van der Waals surface area contributed by atoms with E-state index < -0.39 is 0 Å². The number of hydrogen-bond acceptors (Lipinski definition) is 4. The van der Waals surface area contributed by atoms with Crippen LogP contribution in [-0.2, 0) is 17.8 Å². The number of carbonyl (C=O) groups is 1. The number of nitrogens with one attached hydrogen (secondary N) is 1. The van der Waals surface area contributed by atoms with Gasteiger partial charge in [-0.1, -0.05) is 24.3 Å². The second-order valence-corrected chi connectivity index (χ2v) is 9.26. The number of fused-ring (bicyclic) bond motifs is 1. The third kappa shape index (κ3) is 5.62. The minimum Gasteiger partial charge on any atom is -0.357 e. The van der Waals surface area contributed by atoms with E-state index in [1.165, 1.54) is 11.1 Å². The number of benzene rings is 1. The van der Waals surface area contributed by atoms with Crippen molar-refractivity contribution < 1.29 is 4.79 Å². The van der Waals surface area contributed by atoms with Gasteiger partial charge in [-0.3, -0.25) is 19.6 Å². The van der Waals surface area contributed by atoms with Crippen LogP contribution in [-0.4, -0.2) is 103 Å². The van der Waals surface area contributed by atoms with Gasteiger partial charge < -0.3 is 15.1 Å². The summed E-state index contributed by atoms with van der Waals surface area (Å²) in [5, 5.41) is 3.48. The summed E-state index contributed by atoms with van der Waals surface area (Å²) in [5.74, 6) is 1.32. The first-order valence-corrected chi connectivity index (χ1v) is 12.5. The van der Waals surface area contributed by atoms with Crippen LogP contribution in [0, 0.1) is 0 Å². The van der Waals surface area contributed by atoms with E-state index >= 15 is 0 Å². The van der Waals surface area contributed by atoms with E-state index in [-0.39, 0.29) is 6.04 Å². The largest absolute Gasteiger partial charge is 0.357 e. The van der Waals surface area contributed by atoms with Crippen LogP contribution >= 0.6 is 0 Å². The van der Waals surface area contributed by atoms with Crippen LogP contribution in [0.5, 0.6) is 0 Å². The van der Waals surface area contributed by atoms with Crippen LogP contribution < -0.4 is 5.32 Å². The number of carbonyl (C=O) groups excluding carboxylic acids is 1. The van der Waals surface area contributed by atoms with E-state index in [0.717, 1.165) is 97.2 Å². The van der Waals surface area contributed by atoms with Crippen molar-refractivity contribution in [3.05, 3.63) is 35.4 Å². The number of hydrogen-bond donors (Lipinski definition) is 1. The number of rotatable bonds is 6. The minimum absolute atomic E-state index is 0.0169. The smallest absolute Gasteiger partial charge is 0.239 e. The first-order valence-electron chi connectivity index (χ1n) is 12.5.